The molecule has 0 aliphatic carbocycles. The van der Waals surface area contributed by atoms with E-state index >= 15 is 0 Å². The lowest BCUT2D eigenvalue weighted by molar-refractivity contribution is 0.0950. The number of aromatic nitrogens is 1. The molecule has 1 aliphatic rings. The predicted molar refractivity (Wildman–Crippen MR) is 138 cm³/mol. The third-order valence-corrected chi connectivity index (χ3v) is 6.79. The van der Waals surface area contributed by atoms with Crippen molar-refractivity contribution in [2.24, 2.45) is 0 Å². The number of likely N-dealkylation sites (tertiary alicyclic amines) is 1. The predicted octanol–water partition coefficient (Wildman–Crippen LogP) is 5.22. The highest BCUT2D eigenvalue weighted by molar-refractivity contribution is 6.36. The first kappa shape index (κ1) is 25.2. The topological polar surface area (TPSA) is 80.5 Å². The number of rotatable bonds is 9. The maximum atomic E-state index is 13.7. The van der Waals surface area contributed by atoms with Crippen LogP contribution in [0.25, 0.3) is 11.1 Å². The van der Waals surface area contributed by atoms with Crippen molar-refractivity contribution in [3.63, 3.8) is 0 Å². The van der Waals surface area contributed by atoms with Gasteiger partial charge in [-0.25, -0.2) is 9.37 Å². The van der Waals surface area contributed by atoms with E-state index in [0.29, 0.717) is 34.9 Å². The molecule has 1 amide bonds. The van der Waals surface area contributed by atoms with Crippen LogP contribution >= 0.6 is 23.2 Å². The van der Waals surface area contributed by atoms with Gasteiger partial charge in [0, 0.05) is 41.9 Å². The van der Waals surface area contributed by atoms with Crippen LogP contribution in [0.15, 0.2) is 48.7 Å². The van der Waals surface area contributed by atoms with Gasteiger partial charge in [0.15, 0.2) is 11.6 Å². The molecule has 0 spiro atoms. The number of nitrogens with two attached hydrogens (primary N) is 1. The summed E-state index contributed by atoms with van der Waals surface area (Å²) >= 11 is 12.2. The Morgan fingerprint density at radius 3 is 2.60 bits per heavy atom. The fraction of sp³-hybridized carbons (Fsp3) is 0.308. The van der Waals surface area contributed by atoms with Crippen LogP contribution in [-0.4, -0.2) is 48.6 Å². The van der Waals surface area contributed by atoms with Crippen molar-refractivity contribution in [2.75, 3.05) is 38.5 Å². The lowest BCUT2D eigenvalue weighted by Crippen LogP contribution is -2.33. The van der Waals surface area contributed by atoms with E-state index in [0.717, 1.165) is 30.8 Å². The van der Waals surface area contributed by atoms with E-state index in [9.17, 15) is 9.18 Å². The zero-order chi connectivity index (χ0) is 24.8. The van der Waals surface area contributed by atoms with E-state index in [1.807, 2.05) is 12.1 Å². The smallest absolute Gasteiger partial charge is 0.251 e. The van der Waals surface area contributed by atoms with E-state index in [2.05, 4.69) is 15.2 Å². The van der Waals surface area contributed by atoms with Crippen molar-refractivity contribution in [3.8, 4) is 16.9 Å². The van der Waals surface area contributed by atoms with Gasteiger partial charge in [-0.05, 0) is 67.4 Å². The minimum absolute atomic E-state index is 0.0129. The fourth-order valence-electron chi connectivity index (χ4n) is 4.04. The average Bonchev–Trinajstić information content (AvgIpc) is 3.38. The number of hydrogen-bond acceptors (Lipinski definition) is 5. The SMILES string of the molecule is Nc1ncc(-c2ccc(C(=O)NCCN3CCCC3)cc2)cc1OCCc1c(Cl)ccc(F)c1Cl. The Morgan fingerprint density at radius 2 is 1.86 bits per heavy atom. The summed E-state index contributed by atoms with van der Waals surface area (Å²) in [4.78, 5) is 19.0. The molecule has 1 aliphatic heterocycles. The molecule has 0 bridgehead atoms. The van der Waals surface area contributed by atoms with Gasteiger partial charge in [-0.2, -0.15) is 0 Å². The Hall–Kier alpha value is -2.87. The third kappa shape index (κ3) is 6.42. The molecule has 1 aromatic heterocycles. The van der Waals surface area contributed by atoms with Crippen LogP contribution in [0, 0.1) is 5.82 Å². The molecule has 0 unspecified atom stereocenters. The number of pyridine rings is 1. The molecule has 3 N–H and O–H groups in total. The summed E-state index contributed by atoms with van der Waals surface area (Å²) in [5.74, 6) is 0.0110. The first-order valence-corrected chi connectivity index (χ1v) is 12.3. The molecule has 0 saturated carbocycles. The number of benzene rings is 2. The maximum Gasteiger partial charge on any atom is 0.251 e. The monoisotopic (exact) mass is 516 g/mol. The largest absolute Gasteiger partial charge is 0.489 e. The number of carbonyl (C=O) groups is 1. The minimum Gasteiger partial charge on any atom is -0.489 e. The summed E-state index contributed by atoms with van der Waals surface area (Å²) in [6.45, 7) is 3.92. The molecule has 4 rings (SSSR count). The zero-order valence-electron chi connectivity index (χ0n) is 19.2. The standard InChI is InChI=1S/C26H27Cl2FN4O2/c27-21-7-8-22(29)24(28)20(21)9-14-35-23-15-19(16-32-25(23)30)17-3-5-18(6-4-17)26(34)31-10-13-33-11-1-2-12-33/h3-8,15-16H,1-2,9-14H2,(H2,30,32)(H,31,34). The number of nitrogens with zero attached hydrogens (tertiary/aromatic N) is 2. The second kappa shape index (κ2) is 11.7. The molecular weight excluding hydrogens is 490 g/mol. The van der Waals surface area contributed by atoms with Gasteiger partial charge >= 0.3 is 0 Å². The van der Waals surface area contributed by atoms with Gasteiger partial charge in [-0.15, -0.1) is 0 Å². The molecular formula is C26H27Cl2FN4O2. The number of hydrogen-bond donors (Lipinski definition) is 2. The lowest BCUT2D eigenvalue weighted by Gasteiger charge is -2.14. The van der Waals surface area contributed by atoms with Crippen LogP contribution in [0.2, 0.25) is 10.0 Å². The Labute approximate surface area is 214 Å². The molecule has 9 heteroatoms. The third-order valence-electron chi connectivity index (χ3n) is 6.02. The Kier molecular flexibility index (Phi) is 8.44. The van der Waals surface area contributed by atoms with Crippen molar-refractivity contribution in [1.82, 2.24) is 15.2 Å². The highest BCUT2D eigenvalue weighted by Gasteiger charge is 2.14. The van der Waals surface area contributed by atoms with Crippen LogP contribution in [0.4, 0.5) is 10.2 Å². The van der Waals surface area contributed by atoms with E-state index in [1.54, 1.807) is 24.4 Å². The second-order valence-electron chi connectivity index (χ2n) is 8.41. The molecule has 1 fully saturated rings. The number of anilines is 1. The van der Waals surface area contributed by atoms with Crippen LogP contribution in [-0.2, 0) is 6.42 Å². The number of halogens is 3. The highest BCUT2D eigenvalue weighted by Crippen LogP contribution is 2.30. The van der Waals surface area contributed by atoms with Gasteiger partial charge in [0.05, 0.1) is 11.6 Å². The van der Waals surface area contributed by atoms with Crippen molar-refractivity contribution >= 4 is 34.9 Å². The van der Waals surface area contributed by atoms with Crippen molar-refractivity contribution < 1.29 is 13.9 Å². The summed E-state index contributed by atoms with van der Waals surface area (Å²) in [6.07, 6.45) is 4.42. The molecule has 6 nitrogen and oxygen atoms in total. The van der Waals surface area contributed by atoms with E-state index in [-0.39, 0.29) is 23.4 Å². The van der Waals surface area contributed by atoms with Crippen molar-refractivity contribution in [1.29, 1.82) is 0 Å². The van der Waals surface area contributed by atoms with Gasteiger partial charge in [0.1, 0.15) is 5.82 Å². The number of nitrogen functional groups attached to an aromatic ring is 1. The normalized spacial score (nSPS) is 13.7. The maximum absolute atomic E-state index is 13.7. The molecule has 184 valence electrons. The molecule has 2 aromatic carbocycles. The first-order chi connectivity index (χ1) is 16.9. The van der Waals surface area contributed by atoms with Crippen LogP contribution < -0.4 is 15.8 Å². The van der Waals surface area contributed by atoms with Gasteiger partial charge in [-0.3, -0.25) is 4.79 Å². The Balaban J connectivity index is 1.36. The zero-order valence-corrected chi connectivity index (χ0v) is 20.7. The summed E-state index contributed by atoms with van der Waals surface area (Å²) in [7, 11) is 0. The number of ether oxygens (including phenoxy) is 1. The van der Waals surface area contributed by atoms with Crippen LogP contribution in [0.1, 0.15) is 28.8 Å². The van der Waals surface area contributed by atoms with Crippen LogP contribution in [0.3, 0.4) is 0 Å². The fourth-order valence-corrected chi connectivity index (χ4v) is 4.60. The highest BCUT2D eigenvalue weighted by atomic mass is 35.5. The lowest BCUT2D eigenvalue weighted by atomic mass is 10.0. The van der Waals surface area contributed by atoms with E-state index in [1.165, 1.54) is 25.0 Å². The summed E-state index contributed by atoms with van der Waals surface area (Å²) in [5, 5.41) is 3.34. The first-order valence-electron chi connectivity index (χ1n) is 11.5. The number of carbonyl (C=O) groups excluding carboxylic acids is 1. The minimum atomic E-state index is -0.530. The van der Waals surface area contributed by atoms with Gasteiger partial charge in [-0.1, -0.05) is 35.3 Å². The van der Waals surface area contributed by atoms with Crippen molar-refractivity contribution in [2.45, 2.75) is 19.3 Å². The van der Waals surface area contributed by atoms with Crippen molar-refractivity contribution in [3.05, 3.63) is 75.7 Å². The van der Waals surface area contributed by atoms with Crippen LogP contribution in [0.5, 0.6) is 5.75 Å². The summed E-state index contributed by atoms with van der Waals surface area (Å²) in [6, 6.07) is 11.8. The van der Waals surface area contributed by atoms with Gasteiger partial charge < -0.3 is 20.7 Å². The summed E-state index contributed by atoms with van der Waals surface area (Å²) < 4.78 is 19.5. The Morgan fingerprint density at radius 1 is 1.11 bits per heavy atom. The molecule has 1 saturated heterocycles. The second-order valence-corrected chi connectivity index (χ2v) is 9.19. The summed E-state index contributed by atoms with van der Waals surface area (Å²) in [5.41, 5.74) is 8.71. The van der Waals surface area contributed by atoms with E-state index in [4.69, 9.17) is 33.7 Å². The van der Waals surface area contributed by atoms with Gasteiger partial charge in [0.25, 0.3) is 5.91 Å². The Bertz CT molecular complexity index is 1180. The van der Waals surface area contributed by atoms with Gasteiger partial charge in [0.2, 0.25) is 0 Å². The van der Waals surface area contributed by atoms with E-state index < -0.39 is 5.82 Å². The number of amides is 1. The molecule has 35 heavy (non-hydrogen) atoms. The average molecular weight is 517 g/mol. The number of nitrogens with one attached hydrogen (secondary N) is 1. The molecule has 0 radical (unpaired) electrons. The quantitative estimate of drug-likeness (QED) is 0.381. The molecule has 0 atom stereocenters. The molecule has 3 aromatic rings. The molecule has 2 heterocycles.